The zero-order valence-electron chi connectivity index (χ0n) is 41.4. The largest absolute Gasteiger partial charge is 0.459 e. The Hall–Kier alpha value is -3.27. The Morgan fingerprint density at radius 1 is 0.938 bits per heavy atom. The van der Waals surface area contributed by atoms with Gasteiger partial charge in [0.15, 0.2) is 24.8 Å². The number of nitrogens with zero attached hydrogens (tertiary/aromatic N) is 4. The summed E-state index contributed by atoms with van der Waals surface area (Å²) >= 11 is 0. The van der Waals surface area contributed by atoms with Crippen LogP contribution < -0.4 is 0 Å². The molecule has 2 N–H and O–H groups in total. The van der Waals surface area contributed by atoms with E-state index in [1.807, 2.05) is 46.7 Å². The SMILES string of the molecule is CCO/N=C1\[C@H](C)C[C@@](C)(OC)[C@H](OC2O[C@H](C)C[C@H](N(C)C)[C@H]2OC(C)=O)[C@@H](C)[C@H](OC2C[C@@](C)(OC)[C@@H](OC(=O)n3ccnc3)[C@H](C)O2)[C@@H](C)C(=O)O[C@H](CC)[C@@](C)(O)[C@H](O)[C@H]1C. The van der Waals surface area contributed by atoms with Gasteiger partial charge in [-0.15, -0.1) is 0 Å². The maximum atomic E-state index is 14.7. The Balaban J connectivity index is 1.91. The van der Waals surface area contributed by atoms with Gasteiger partial charge >= 0.3 is 18.0 Å². The molecule has 0 aliphatic carbocycles. The highest BCUT2D eigenvalue weighted by Gasteiger charge is 2.55. The molecule has 4 heterocycles. The van der Waals surface area contributed by atoms with Gasteiger partial charge < -0.3 is 62.6 Å². The van der Waals surface area contributed by atoms with Crippen molar-refractivity contribution in [3.8, 4) is 0 Å². The van der Waals surface area contributed by atoms with E-state index >= 15 is 0 Å². The van der Waals surface area contributed by atoms with Crippen molar-refractivity contribution in [2.24, 2.45) is 28.8 Å². The molecule has 3 aliphatic heterocycles. The number of hydrogen-bond acceptors (Lipinski definition) is 18. The Labute approximate surface area is 385 Å². The van der Waals surface area contributed by atoms with Crippen LogP contribution in [-0.4, -0.2) is 168 Å². The highest BCUT2D eigenvalue weighted by Crippen LogP contribution is 2.43. The molecule has 19 nitrogen and oxygen atoms in total. The minimum atomic E-state index is -1.94. The first-order valence-corrected chi connectivity index (χ1v) is 22.9. The van der Waals surface area contributed by atoms with Crippen molar-refractivity contribution < 1.29 is 72.1 Å². The molecule has 0 bridgehead atoms. The number of imidazole rings is 1. The number of carbonyl (C=O) groups is 3. The molecule has 65 heavy (non-hydrogen) atoms. The molecule has 3 fully saturated rings. The summed E-state index contributed by atoms with van der Waals surface area (Å²) in [6.45, 7) is 21.1. The van der Waals surface area contributed by atoms with E-state index in [-0.39, 0.29) is 38.0 Å². The Bertz CT molecular complexity index is 1730. The van der Waals surface area contributed by atoms with Crippen molar-refractivity contribution in [2.75, 3.05) is 34.9 Å². The monoisotopic (exact) mass is 927 g/mol. The van der Waals surface area contributed by atoms with E-state index in [0.29, 0.717) is 12.1 Å². The van der Waals surface area contributed by atoms with Gasteiger partial charge in [0.1, 0.15) is 30.2 Å². The van der Waals surface area contributed by atoms with E-state index < -0.39 is 114 Å². The number of aromatic nitrogens is 2. The summed E-state index contributed by atoms with van der Waals surface area (Å²) in [5, 5.41) is 28.5. The molecule has 0 spiro atoms. The second-order valence-electron chi connectivity index (χ2n) is 19.1. The fraction of sp³-hybridized carbons (Fsp3) is 0.848. The number of aliphatic hydroxyl groups is 2. The van der Waals surface area contributed by atoms with Crippen molar-refractivity contribution in [1.29, 1.82) is 0 Å². The molecule has 0 saturated carbocycles. The predicted octanol–water partition coefficient (Wildman–Crippen LogP) is 4.72. The molecule has 0 amide bonds. The van der Waals surface area contributed by atoms with Gasteiger partial charge in [0, 0.05) is 57.7 Å². The topological polar surface area (TPSA) is 217 Å². The van der Waals surface area contributed by atoms with Gasteiger partial charge in [-0.3, -0.25) is 9.59 Å². The van der Waals surface area contributed by atoms with Crippen LogP contribution in [0.25, 0.3) is 0 Å². The Morgan fingerprint density at radius 2 is 1.58 bits per heavy atom. The zero-order chi connectivity index (χ0) is 48.8. The number of ether oxygens (including phenoxy) is 9. The van der Waals surface area contributed by atoms with Crippen LogP contribution in [0.5, 0.6) is 0 Å². The summed E-state index contributed by atoms with van der Waals surface area (Å²) in [5.74, 6) is -4.33. The molecule has 1 aromatic heterocycles. The average Bonchev–Trinajstić information content (AvgIpc) is 3.80. The van der Waals surface area contributed by atoms with E-state index in [4.69, 9.17) is 47.5 Å². The van der Waals surface area contributed by atoms with Crippen LogP contribution in [0.4, 0.5) is 4.79 Å². The number of esters is 2. The lowest BCUT2D eigenvalue weighted by molar-refractivity contribution is -0.319. The highest BCUT2D eigenvalue weighted by molar-refractivity contribution is 5.88. The number of oxime groups is 1. The van der Waals surface area contributed by atoms with Crippen LogP contribution in [0, 0.1) is 23.7 Å². The van der Waals surface area contributed by atoms with Crippen molar-refractivity contribution in [1.82, 2.24) is 14.5 Å². The maximum absolute atomic E-state index is 14.7. The first kappa shape index (κ1) is 54.3. The molecular weight excluding hydrogens is 849 g/mol. The highest BCUT2D eigenvalue weighted by atomic mass is 16.7. The molecule has 0 radical (unpaired) electrons. The number of carbonyl (C=O) groups excluding carboxylic acids is 3. The first-order chi connectivity index (χ1) is 30.4. The van der Waals surface area contributed by atoms with Gasteiger partial charge in [0.05, 0.1) is 53.8 Å². The summed E-state index contributed by atoms with van der Waals surface area (Å²) in [6, 6.07) is -0.291. The summed E-state index contributed by atoms with van der Waals surface area (Å²) in [4.78, 5) is 52.1. The third kappa shape index (κ3) is 12.4. The van der Waals surface area contributed by atoms with E-state index in [0.717, 1.165) is 0 Å². The summed E-state index contributed by atoms with van der Waals surface area (Å²) in [5.41, 5.74) is -3.90. The Morgan fingerprint density at radius 3 is 2.14 bits per heavy atom. The van der Waals surface area contributed by atoms with Crippen LogP contribution in [0.2, 0.25) is 0 Å². The molecule has 2 unspecified atom stereocenters. The fourth-order valence-electron chi connectivity index (χ4n) is 9.95. The van der Waals surface area contributed by atoms with Crippen molar-refractivity contribution in [2.45, 2.75) is 193 Å². The molecular formula is C46H78N4O15. The molecule has 4 rings (SSSR count). The summed E-state index contributed by atoms with van der Waals surface area (Å²) in [6.07, 6.45) is -5.11. The molecule has 1 aromatic rings. The van der Waals surface area contributed by atoms with Gasteiger partial charge in [-0.05, 0) is 81.8 Å². The van der Waals surface area contributed by atoms with E-state index in [9.17, 15) is 24.6 Å². The van der Waals surface area contributed by atoms with Gasteiger partial charge in [0.25, 0.3) is 0 Å². The second kappa shape index (κ2) is 22.7. The lowest BCUT2D eigenvalue weighted by atomic mass is 9.73. The van der Waals surface area contributed by atoms with Crippen LogP contribution >= 0.6 is 0 Å². The number of cyclic esters (lactones) is 1. The molecule has 3 aliphatic rings. The lowest BCUT2D eigenvalue weighted by Crippen LogP contribution is -2.62. The first-order valence-electron chi connectivity index (χ1n) is 22.9. The van der Waals surface area contributed by atoms with Gasteiger partial charge in [0.2, 0.25) is 0 Å². The number of hydrogen-bond donors (Lipinski definition) is 2. The molecule has 3 saturated heterocycles. The molecule has 372 valence electrons. The van der Waals surface area contributed by atoms with Crippen LogP contribution in [0.1, 0.15) is 109 Å². The minimum Gasteiger partial charge on any atom is -0.459 e. The maximum Gasteiger partial charge on any atom is 0.419 e. The zero-order valence-corrected chi connectivity index (χ0v) is 41.4. The van der Waals surface area contributed by atoms with Crippen molar-refractivity contribution >= 4 is 23.7 Å². The van der Waals surface area contributed by atoms with Gasteiger partial charge in [-0.25, -0.2) is 14.3 Å². The lowest BCUT2D eigenvalue weighted by Gasteiger charge is -2.50. The van der Waals surface area contributed by atoms with Gasteiger partial charge in [-0.2, -0.15) is 0 Å². The number of aliphatic hydroxyl groups excluding tert-OH is 1. The third-order valence-corrected chi connectivity index (χ3v) is 13.8. The van der Waals surface area contributed by atoms with Gasteiger partial charge in [-0.1, -0.05) is 32.9 Å². The van der Waals surface area contributed by atoms with E-state index in [2.05, 4.69) is 10.1 Å². The van der Waals surface area contributed by atoms with Crippen LogP contribution in [0.3, 0.4) is 0 Å². The standard InChI is InChI=1S/C46H78N4O15/c1-17-33-46(12,55)38(52)27(5)35(48-58-18-2)25(3)22-44(10,56-15)39(64-42-37(61-31(9)51)32(49(13)14)21-26(4)59-42)28(6)36(29(7)41(53)62-33)63-34-23-45(11,57-16)40(30(8)60-34)65-43(54)50-20-19-47-24-50/h19-20,24-30,32-34,36-40,42,52,55H,17-18,21-23H2,1-16H3/b48-35+/t25-,26-,27+,28+,29-,30+,32+,33-,34?,36+,37-,38-,39-,40+,42?,44-,45-,46-/m1/s1. The smallest absolute Gasteiger partial charge is 0.419 e. The Kier molecular flexibility index (Phi) is 19.0. The van der Waals surface area contributed by atoms with Crippen LogP contribution in [-0.2, 0) is 57.1 Å². The number of methoxy groups -OCH3 is 2. The fourth-order valence-corrected chi connectivity index (χ4v) is 9.95. The van der Waals surface area contributed by atoms with E-state index in [1.54, 1.807) is 48.7 Å². The molecule has 0 aromatic carbocycles. The minimum absolute atomic E-state index is 0.0563. The molecule has 19 heteroatoms. The number of likely N-dealkylation sites (N-methyl/N-ethyl adjacent to an activating group) is 1. The molecule has 18 atom stereocenters. The summed E-state index contributed by atoms with van der Waals surface area (Å²) in [7, 11) is 6.86. The predicted molar refractivity (Wildman–Crippen MR) is 237 cm³/mol. The van der Waals surface area contributed by atoms with Crippen molar-refractivity contribution in [3.05, 3.63) is 18.7 Å². The normalized spacial score (nSPS) is 41.9. The quantitative estimate of drug-likeness (QED) is 0.165. The van der Waals surface area contributed by atoms with E-state index in [1.165, 1.54) is 44.2 Å². The van der Waals surface area contributed by atoms with Crippen molar-refractivity contribution in [3.63, 3.8) is 0 Å². The third-order valence-electron chi connectivity index (χ3n) is 13.8. The summed E-state index contributed by atoms with van der Waals surface area (Å²) < 4.78 is 59.0. The average molecular weight is 927 g/mol. The van der Waals surface area contributed by atoms with Crippen LogP contribution in [0.15, 0.2) is 23.9 Å². The second-order valence-corrected chi connectivity index (χ2v) is 19.1. The number of rotatable bonds is 12.